The lowest BCUT2D eigenvalue weighted by Gasteiger charge is -2.14. The number of aromatic nitrogens is 4. The van der Waals surface area contributed by atoms with E-state index in [1.165, 1.54) is 54.4 Å². The Hall–Kier alpha value is -7.69. The summed E-state index contributed by atoms with van der Waals surface area (Å²) in [7, 11) is 0. The van der Waals surface area contributed by atoms with Crippen molar-refractivity contribution in [2.75, 3.05) is 0 Å². The van der Waals surface area contributed by atoms with Crippen molar-refractivity contribution in [1.82, 2.24) is 18.7 Å². The van der Waals surface area contributed by atoms with Gasteiger partial charge < -0.3 is 9.13 Å². The Kier molecular flexibility index (Phi) is 6.89. The van der Waals surface area contributed by atoms with Crippen LogP contribution >= 0.6 is 0 Å². The Morgan fingerprint density at radius 2 is 0.842 bits per heavy atom. The third kappa shape index (κ3) is 4.77. The molecular weight excluding hydrogens is 693 g/mol. The SMILES string of the molecule is c1ccc(-c2cc(-c3ccccc3)nc(-n3c4ccccc4c4ccc(-n5c6ccccc6c6c5ccc5c7ccccc7n(-c7ccccc7)c56)cc43)c2)cc1. The molecule has 12 rings (SSSR count). The number of hydrogen-bond acceptors (Lipinski definition) is 1. The molecule has 0 saturated carbocycles. The van der Waals surface area contributed by atoms with Crippen molar-refractivity contribution in [3.05, 3.63) is 206 Å². The van der Waals surface area contributed by atoms with E-state index in [0.717, 1.165) is 50.6 Å². The van der Waals surface area contributed by atoms with Gasteiger partial charge in [-0.25, -0.2) is 4.98 Å². The van der Waals surface area contributed by atoms with E-state index in [-0.39, 0.29) is 0 Å². The van der Waals surface area contributed by atoms with Crippen LogP contribution in [-0.4, -0.2) is 18.7 Å². The van der Waals surface area contributed by atoms with Crippen LogP contribution in [0.3, 0.4) is 0 Å². The van der Waals surface area contributed by atoms with Gasteiger partial charge in [-0.2, -0.15) is 0 Å². The summed E-state index contributed by atoms with van der Waals surface area (Å²) < 4.78 is 7.24. The van der Waals surface area contributed by atoms with Crippen LogP contribution in [0.15, 0.2) is 206 Å². The number of para-hydroxylation sites is 4. The van der Waals surface area contributed by atoms with Crippen molar-refractivity contribution in [2.45, 2.75) is 0 Å². The van der Waals surface area contributed by atoms with Crippen molar-refractivity contribution in [2.24, 2.45) is 0 Å². The maximum Gasteiger partial charge on any atom is 0.138 e. The summed E-state index contributed by atoms with van der Waals surface area (Å²) in [5.41, 5.74) is 13.6. The van der Waals surface area contributed by atoms with Crippen LogP contribution in [0.25, 0.3) is 105 Å². The van der Waals surface area contributed by atoms with Crippen molar-refractivity contribution in [3.8, 4) is 39.6 Å². The zero-order chi connectivity index (χ0) is 37.5. The van der Waals surface area contributed by atoms with Crippen LogP contribution in [-0.2, 0) is 0 Å². The summed E-state index contributed by atoms with van der Waals surface area (Å²) in [5, 5.41) is 7.36. The average molecular weight is 727 g/mol. The van der Waals surface area contributed by atoms with Crippen molar-refractivity contribution in [1.29, 1.82) is 0 Å². The second-order valence-electron chi connectivity index (χ2n) is 14.8. The van der Waals surface area contributed by atoms with Gasteiger partial charge in [0.2, 0.25) is 0 Å². The fraction of sp³-hybridized carbons (Fsp3) is 0. The monoisotopic (exact) mass is 726 g/mol. The van der Waals surface area contributed by atoms with Gasteiger partial charge >= 0.3 is 0 Å². The first-order chi connectivity index (χ1) is 28.3. The molecule has 0 radical (unpaired) electrons. The minimum Gasteiger partial charge on any atom is -0.309 e. The highest BCUT2D eigenvalue weighted by atomic mass is 15.1. The molecule has 0 aliphatic rings. The first-order valence-corrected chi connectivity index (χ1v) is 19.5. The number of rotatable bonds is 5. The van der Waals surface area contributed by atoms with Gasteiger partial charge in [0.25, 0.3) is 0 Å². The molecule has 4 aromatic heterocycles. The molecule has 4 nitrogen and oxygen atoms in total. The highest BCUT2D eigenvalue weighted by Crippen LogP contribution is 2.43. The molecule has 0 aliphatic heterocycles. The number of fused-ring (bicyclic) bond motifs is 10. The summed E-state index contributed by atoms with van der Waals surface area (Å²) in [5.74, 6) is 0.884. The van der Waals surface area contributed by atoms with Gasteiger partial charge in [-0.3, -0.25) is 4.57 Å². The molecule has 8 aromatic carbocycles. The molecule has 0 bridgehead atoms. The molecular formula is C53H34N4. The highest BCUT2D eigenvalue weighted by Gasteiger charge is 2.22. The number of hydrogen-bond donors (Lipinski definition) is 0. The van der Waals surface area contributed by atoms with Gasteiger partial charge in [-0.1, -0.05) is 146 Å². The maximum absolute atomic E-state index is 5.41. The Balaban J connectivity index is 1.16. The molecule has 0 N–H and O–H groups in total. The van der Waals surface area contributed by atoms with Crippen LogP contribution in [0.4, 0.5) is 0 Å². The van der Waals surface area contributed by atoms with Gasteiger partial charge in [0.1, 0.15) is 5.82 Å². The van der Waals surface area contributed by atoms with Gasteiger partial charge in [0.15, 0.2) is 0 Å². The van der Waals surface area contributed by atoms with E-state index in [2.05, 4.69) is 220 Å². The summed E-state index contributed by atoms with van der Waals surface area (Å²) in [6, 6.07) is 74.2. The molecule has 12 aromatic rings. The lowest BCUT2D eigenvalue weighted by atomic mass is 10.0. The zero-order valence-corrected chi connectivity index (χ0v) is 30.9. The molecule has 0 aliphatic carbocycles. The zero-order valence-electron chi connectivity index (χ0n) is 30.9. The first-order valence-electron chi connectivity index (χ1n) is 19.5. The first kappa shape index (κ1) is 31.6. The largest absolute Gasteiger partial charge is 0.309 e. The summed E-state index contributed by atoms with van der Waals surface area (Å²) in [4.78, 5) is 5.41. The minimum atomic E-state index is 0.884. The van der Waals surface area contributed by atoms with E-state index in [4.69, 9.17) is 4.98 Å². The molecule has 266 valence electrons. The number of nitrogens with zero attached hydrogens (tertiary/aromatic N) is 4. The van der Waals surface area contributed by atoms with Gasteiger partial charge in [-0.15, -0.1) is 0 Å². The van der Waals surface area contributed by atoms with Gasteiger partial charge in [0, 0.05) is 49.3 Å². The standard InChI is InChI=1S/C53H34N4/c1-4-16-35(17-5-1)37-32-45(36-18-6-2-7-19-36)54-51(33-37)57-47-26-14-10-22-40(47)42-29-28-39(34-50(42)57)55-48-27-15-12-24-44(48)52-49(55)31-30-43-41-23-11-13-25-46(41)56(53(43)52)38-20-8-3-9-21-38/h1-34H. The third-order valence-corrected chi connectivity index (χ3v) is 11.6. The topological polar surface area (TPSA) is 27.7 Å². The molecule has 0 unspecified atom stereocenters. The van der Waals surface area contributed by atoms with E-state index in [1.807, 2.05) is 0 Å². The van der Waals surface area contributed by atoms with Crippen LogP contribution in [0.1, 0.15) is 0 Å². The second kappa shape index (κ2) is 12.4. The smallest absolute Gasteiger partial charge is 0.138 e. The molecule has 0 saturated heterocycles. The molecule has 0 spiro atoms. The number of benzene rings is 8. The van der Waals surface area contributed by atoms with Gasteiger partial charge in [0.05, 0.1) is 38.8 Å². The average Bonchev–Trinajstić information content (AvgIpc) is 3.92. The van der Waals surface area contributed by atoms with Gasteiger partial charge in [-0.05, 0) is 71.8 Å². The Morgan fingerprint density at radius 1 is 0.298 bits per heavy atom. The van der Waals surface area contributed by atoms with Crippen molar-refractivity contribution < 1.29 is 0 Å². The lowest BCUT2D eigenvalue weighted by molar-refractivity contribution is 1.08. The molecule has 57 heavy (non-hydrogen) atoms. The third-order valence-electron chi connectivity index (χ3n) is 11.6. The van der Waals surface area contributed by atoms with E-state index in [1.54, 1.807) is 0 Å². The highest BCUT2D eigenvalue weighted by molar-refractivity contribution is 6.26. The van der Waals surface area contributed by atoms with E-state index in [0.29, 0.717) is 0 Å². The summed E-state index contributed by atoms with van der Waals surface area (Å²) >= 11 is 0. The predicted octanol–water partition coefficient (Wildman–Crippen LogP) is 13.7. The number of pyridine rings is 1. The van der Waals surface area contributed by atoms with E-state index in [9.17, 15) is 0 Å². The Morgan fingerprint density at radius 3 is 1.56 bits per heavy atom. The van der Waals surface area contributed by atoms with Crippen LogP contribution < -0.4 is 0 Å². The normalized spacial score (nSPS) is 11.9. The fourth-order valence-electron chi connectivity index (χ4n) is 9.16. The Labute approximate surface area is 328 Å². The summed E-state index contributed by atoms with van der Waals surface area (Å²) in [6.45, 7) is 0. The molecule has 0 amide bonds. The minimum absolute atomic E-state index is 0.884. The molecule has 4 heterocycles. The molecule has 4 heteroatoms. The second-order valence-corrected chi connectivity index (χ2v) is 14.8. The fourth-order valence-corrected chi connectivity index (χ4v) is 9.16. The molecule has 0 atom stereocenters. The molecule has 0 fully saturated rings. The maximum atomic E-state index is 5.41. The quantitative estimate of drug-likeness (QED) is 0.174. The summed E-state index contributed by atoms with van der Waals surface area (Å²) in [6.07, 6.45) is 0. The van der Waals surface area contributed by atoms with E-state index >= 15 is 0 Å². The Bertz CT molecular complexity index is 3440. The van der Waals surface area contributed by atoms with Crippen LogP contribution in [0, 0.1) is 0 Å². The lowest BCUT2D eigenvalue weighted by Crippen LogP contribution is -2.01. The van der Waals surface area contributed by atoms with Crippen molar-refractivity contribution >= 4 is 65.4 Å². The van der Waals surface area contributed by atoms with Crippen molar-refractivity contribution in [3.63, 3.8) is 0 Å². The van der Waals surface area contributed by atoms with E-state index < -0.39 is 0 Å². The van der Waals surface area contributed by atoms with Crippen LogP contribution in [0.2, 0.25) is 0 Å². The predicted molar refractivity (Wildman–Crippen MR) is 238 cm³/mol. The van der Waals surface area contributed by atoms with Crippen LogP contribution in [0.5, 0.6) is 0 Å².